The second-order valence-corrected chi connectivity index (χ2v) is 11.0. The molecule has 0 spiro atoms. The summed E-state index contributed by atoms with van der Waals surface area (Å²) in [7, 11) is 0. The van der Waals surface area contributed by atoms with E-state index in [1.807, 2.05) is 36.4 Å². The van der Waals surface area contributed by atoms with Crippen molar-refractivity contribution in [2.24, 2.45) is 29.6 Å². The van der Waals surface area contributed by atoms with Crippen LogP contribution < -0.4 is 10.1 Å². The molecule has 4 heteroatoms. The predicted molar refractivity (Wildman–Crippen MR) is 135 cm³/mol. The molecule has 0 saturated heterocycles. The first-order valence-electron chi connectivity index (χ1n) is 13.4. The highest BCUT2D eigenvalue weighted by molar-refractivity contribution is 5.96. The van der Waals surface area contributed by atoms with Crippen molar-refractivity contribution in [2.75, 3.05) is 13.2 Å². The Balaban J connectivity index is 1.06. The molecule has 0 aliphatic heterocycles. The number of aryl methyl sites for hydroxylation is 1. The standard InChI is InChI=1S/C30H39NO3/c32-26(12-13-27-24-16-22-15-23(18-24)19-25(27)17-22)20-34-29-11-5-4-10-28(29)30(33)31-14-6-9-21-7-2-1-3-8-21/h1-5,7-8,10-11,22-27,32H,6,9,12-20H2,(H,31,33). The zero-order valence-corrected chi connectivity index (χ0v) is 20.2. The van der Waals surface area contributed by atoms with Crippen molar-refractivity contribution in [3.8, 4) is 5.75 Å². The first-order valence-corrected chi connectivity index (χ1v) is 13.4. The van der Waals surface area contributed by atoms with E-state index in [1.54, 1.807) is 6.07 Å². The molecule has 4 nitrogen and oxygen atoms in total. The summed E-state index contributed by atoms with van der Waals surface area (Å²) in [6.45, 7) is 0.863. The Morgan fingerprint density at radius 3 is 2.35 bits per heavy atom. The van der Waals surface area contributed by atoms with Gasteiger partial charge in [0.2, 0.25) is 0 Å². The van der Waals surface area contributed by atoms with Crippen molar-refractivity contribution in [1.29, 1.82) is 0 Å². The van der Waals surface area contributed by atoms with E-state index in [-0.39, 0.29) is 12.5 Å². The van der Waals surface area contributed by atoms with Crippen LogP contribution in [0.1, 0.15) is 67.3 Å². The van der Waals surface area contributed by atoms with Crippen LogP contribution in [0.2, 0.25) is 0 Å². The molecular formula is C30H39NO3. The minimum atomic E-state index is -0.487. The van der Waals surface area contributed by atoms with Gasteiger partial charge < -0.3 is 15.2 Å². The maximum Gasteiger partial charge on any atom is 0.255 e. The highest BCUT2D eigenvalue weighted by Crippen LogP contribution is 2.57. The van der Waals surface area contributed by atoms with Crippen LogP contribution >= 0.6 is 0 Å². The molecule has 4 fully saturated rings. The zero-order valence-electron chi connectivity index (χ0n) is 20.2. The molecule has 1 amide bonds. The normalized spacial score (nSPS) is 28.0. The fraction of sp³-hybridized carbons (Fsp3) is 0.567. The molecule has 2 aromatic rings. The number of aliphatic hydroxyl groups is 1. The summed E-state index contributed by atoms with van der Waals surface area (Å²) >= 11 is 0. The SMILES string of the molecule is O=C(NCCCc1ccccc1)c1ccccc1OCC(O)CCC1C2CC3CC(C2)CC1C3. The van der Waals surface area contributed by atoms with E-state index in [2.05, 4.69) is 17.4 Å². The lowest BCUT2D eigenvalue weighted by Crippen LogP contribution is -2.45. The van der Waals surface area contributed by atoms with Gasteiger partial charge in [-0.3, -0.25) is 4.79 Å². The monoisotopic (exact) mass is 461 g/mol. The number of benzene rings is 2. The van der Waals surface area contributed by atoms with E-state index < -0.39 is 6.10 Å². The molecule has 2 N–H and O–H groups in total. The number of carbonyl (C=O) groups excluding carboxylic acids is 1. The van der Waals surface area contributed by atoms with Crippen molar-refractivity contribution in [3.63, 3.8) is 0 Å². The first-order chi connectivity index (χ1) is 16.7. The van der Waals surface area contributed by atoms with Gasteiger partial charge >= 0.3 is 0 Å². The minimum Gasteiger partial charge on any atom is -0.490 e. The van der Waals surface area contributed by atoms with Gasteiger partial charge in [0.1, 0.15) is 12.4 Å². The molecule has 182 valence electrons. The molecule has 2 aromatic carbocycles. The Labute approximate surface area is 204 Å². The lowest BCUT2D eigenvalue weighted by Gasteiger charge is -2.54. The fourth-order valence-corrected chi connectivity index (χ4v) is 7.18. The van der Waals surface area contributed by atoms with E-state index in [4.69, 9.17) is 4.74 Å². The largest absolute Gasteiger partial charge is 0.490 e. The summed E-state index contributed by atoms with van der Waals surface area (Å²) in [4.78, 5) is 12.7. The summed E-state index contributed by atoms with van der Waals surface area (Å²) in [6, 6.07) is 17.7. The average molecular weight is 462 g/mol. The second kappa shape index (κ2) is 10.9. The number of ether oxygens (including phenoxy) is 1. The summed E-state index contributed by atoms with van der Waals surface area (Å²) in [5.41, 5.74) is 1.82. The van der Waals surface area contributed by atoms with Crippen LogP contribution in [0.25, 0.3) is 0 Å². The quantitative estimate of drug-likeness (QED) is 0.426. The Bertz CT molecular complexity index is 915. The Kier molecular flexibility index (Phi) is 7.54. The Hall–Kier alpha value is -2.33. The minimum absolute atomic E-state index is 0.119. The van der Waals surface area contributed by atoms with Crippen molar-refractivity contribution in [3.05, 3.63) is 65.7 Å². The maximum absolute atomic E-state index is 12.7. The van der Waals surface area contributed by atoms with E-state index >= 15 is 0 Å². The van der Waals surface area contributed by atoms with Crippen molar-refractivity contribution >= 4 is 5.91 Å². The molecule has 0 heterocycles. The maximum atomic E-state index is 12.7. The van der Waals surface area contributed by atoms with Gasteiger partial charge in [0.05, 0.1) is 11.7 Å². The van der Waals surface area contributed by atoms with Gasteiger partial charge in [-0.1, -0.05) is 42.5 Å². The van der Waals surface area contributed by atoms with Crippen molar-refractivity contribution in [1.82, 2.24) is 5.32 Å². The van der Waals surface area contributed by atoms with Gasteiger partial charge in [-0.05, 0) is 105 Å². The van der Waals surface area contributed by atoms with Crippen LogP contribution in [-0.2, 0) is 6.42 Å². The number of rotatable bonds is 11. The number of aliphatic hydroxyl groups excluding tert-OH is 1. The van der Waals surface area contributed by atoms with Gasteiger partial charge in [0.25, 0.3) is 5.91 Å². The molecule has 0 aromatic heterocycles. The molecule has 4 bridgehead atoms. The predicted octanol–water partition coefficient (Wildman–Crippen LogP) is 5.64. The van der Waals surface area contributed by atoms with Crippen LogP contribution in [0.3, 0.4) is 0 Å². The van der Waals surface area contributed by atoms with E-state index in [0.717, 1.165) is 55.3 Å². The third-order valence-corrected chi connectivity index (χ3v) is 8.59. The van der Waals surface area contributed by atoms with Crippen LogP contribution in [0.5, 0.6) is 5.75 Å². The van der Waals surface area contributed by atoms with Gasteiger partial charge in [-0.15, -0.1) is 0 Å². The molecule has 1 unspecified atom stereocenters. The molecule has 4 aliphatic carbocycles. The van der Waals surface area contributed by atoms with Crippen LogP contribution in [0.4, 0.5) is 0 Å². The molecule has 34 heavy (non-hydrogen) atoms. The average Bonchev–Trinajstić information content (AvgIpc) is 2.85. The first kappa shape index (κ1) is 23.4. The zero-order chi connectivity index (χ0) is 23.3. The number of nitrogens with one attached hydrogen (secondary N) is 1. The van der Waals surface area contributed by atoms with Crippen LogP contribution in [0.15, 0.2) is 54.6 Å². The summed E-state index contributed by atoms with van der Waals surface area (Å²) in [5.74, 6) is 5.02. The van der Waals surface area contributed by atoms with Gasteiger partial charge in [-0.2, -0.15) is 0 Å². The number of hydrogen-bond donors (Lipinski definition) is 2. The molecule has 1 atom stereocenters. The lowest BCUT2D eigenvalue weighted by molar-refractivity contribution is -0.0453. The fourth-order valence-electron chi connectivity index (χ4n) is 7.18. The summed E-state index contributed by atoms with van der Waals surface area (Å²) < 4.78 is 5.94. The highest BCUT2D eigenvalue weighted by atomic mass is 16.5. The molecular weight excluding hydrogens is 422 g/mol. The number of hydrogen-bond acceptors (Lipinski definition) is 3. The highest BCUT2D eigenvalue weighted by Gasteiger charge is 2.47. The lowest BCUT2D eigenvalue weighted by atomic mass is 9.51. The third-order valence-electron chi connectivity index (χ3n) is 8.59. The van der Waals surface area contributed by atoms with Crippen LogP contribution in [-0.4, -0.2) is 30.3 Å². The van der Waals surface area contributed by atoms with Gasteiger partial charge in [0.15, 0.2) is 0 Å². The second-order valence-electron chi connectivity index (χ2n) is 11.0. The van der Waals surface area contributed by atoms with Crippen LogP contribution in [0, 0.1) is 29.6 Å². The topological polar surface area (TPSA) is 58.6 Å². The number of para-hydroxylation sites is 1. The molecule has 4 aliphatic rings. The molecule has 6 rings (SSSR count). The third kappa shape index (κ3) is 5.66. The summed E-state index contributed by atoms with van der Waals surface area (Å²) in [5, 5.41) is 13.7. The van der Waals surface area contributed by atoms with E-state index in [1.165, 1.54) is 37.7 Å². The Morgan fingerprint density at radius 2 is 1.62 bits per heavy atom. The smallest absolute Gasteiger partial charge is 0.255 e. The number of amides is 1. The molecule has 4 saturated carbocycles. The van der Waals surface area contributed by atoms with E-state index in [0.29, 0.717) is 17.9 Å². The van der Waals surface area contributed by atoms with Crippen molar-refractivity contribution < 1.29 is 14.6 Å². The van der Waals surface area contributed by atoms with Gasteiger partial charge in [0, 0.05) is 6.54 Å². The Morgan fingerprint density at radius 1 is 0.941 bits per heavy atom. The van der Waals surface area contributed by atoms with Gasteiger partial charge in [-0.25, -0.2) is 0 Å². The number of carbonyl (C=O) groups is 1. The summed E-state index contributed by atoms with van der Waals surface area (Å²) in [6.07, 6.45) is 10.4. The molecule has 0 radical (unpaired) electrons. The van der Waals surface area contributed by atoms with E-state index in [9.17, 15) is 9.90 Å². The van der Waals surface area contributed by atoms with Crippen molar-refractivity contribution in [2.45, 2.75) is 63.9 Å².